The number of fused-ring (bicyclic) bond motifs is 2. The maximum atomic E-state index is 13.6. The van der Waals surface area contributed by atoms with E-state index in [1.807, 2.05) is 65.6 Å². The summed E-state index contributed by atoms with van der Waals surface area (Å²) in [6.07, 6.45) is 0. The van der Waals surface area contributed by atoms with Crippen LogP contribution in [0.25, 0.3) is 11.3 Å². The number of H-pyrrole nitrogens is 1. The van der Waals surface area contributed by atoms with Crippen LogP contribution >= 0.6 is 23.2 Å². The van der Waals surface area contributed by atoms with Crippen molar-refractivity contribution >= 4 is 29.1 Å². The number of halogens is 2. The Morgan fingerprint density at radius 3 is 2.61 bits per heavy atom. The molecule has 164 valence electrons. The highest BCUT2D eigenvalue weighted by Crippen LogP contribution is 2.45. The SMILES string of the molecule is O=C1c2[nH]nc(-c3ccccc3)c2C(c2ccc(Cl)c(Cl)c2)N1Cc1ccc2c(c1)OCO2. The van der Waals surface area contributed by atoms with Crippen molar-refractivity contribution in [2.75, 3.05) is 6.79 Å². The van der Waals surface area contributed by atoms with Crippen LogP contribution in [0.15, 0.2) is 66.7 Å². The Hall–Kier alpha value is -3.48. The highest BCUT2D eigenvalue weighted by Gasteiger charge is 2.42. The van der Waals surface area contributed by atoms with Crippen LogP contribution < -0.4 is 9.47 Å². The third-order valence-electron chi connectivity index (χ3n) is 5.96. The van der Waals surface area contributed by atoms with E-state index in [4.69, 9.17) is 32.7 Å². The molecule has 0 radical (unpaired) electrons. The summed E-state index contributed by atoms with van der Waals surface area (Å²) in [5, 5.41) is 8.36. The van der Waals surface area contributed by atoms with E-state index in [9.17, 15) is 4.79 Å². The number of ether oxygens (including phenoxy) is 2. The number of benzene rings is 3. The van der Waals surface area contributed by atoms with Gasteiger partial charge < -0.3 is 14.4 Å². The number of hydrogen-bond acceptors (Lipinski definition) is 4. The van der Waals surface area contributed by atoms with Crippen molar-refractivity contribution in [2.24, 2.45) is 0 Å². The molecule has 8 heteroatoms. The molecule has 2 aliphatic heterocycles. The third kappa shape index (κ3) is 3.34. The zero-order valence-corrected chi connectivity index (χ0v) is 18.7. The monoisotopic (exact) mass is 477 g/mol. The van der Waals surface area contributed by atoms with Gasteiger partial charge in [-0.25, -0.2) is 0 Å². The molecule has 6 nitrogen and oxygen atoms in total. The second-order valence-electron chi connectivity index (χ2n) is 7.92. The van der Waals surface area contributed by atoms with Crippen molar-refractivity contribution in [3.63, 3.8) is 0 Å². The zero-order valence-electron chi connectivity index (χ0n) is 17.2. The van der Waals surface area contributed by atoms with E-state index in [1.54, 1.807) is 6.07 Å². The molecule has 1 N–H and O–H groups in total. The smallest absolute Gasteiger partial charge is 0.273 e. The van der Waals surface area contributed by atoms with Gasteiger partial charge in [0, 0.05) is 17.7 Å². The maximum Gasteiger partial charge on any atom is 0.273 e. The first kappa shape index (κ1) is 20.1. The topological polar surface area (TPSA) is 67.5 Å². The van der Waals surface area contributed by atoms with Gasteiger partial charge in [-0.05, 0) is 35.4 Å². The van der Waals surface area contributed by atoms with Crippen LogP contribution in [0, 0.1) is 0 Å². The average Bonchev–Trinajstić information content (AvgIpc) is 3.53. The van der Waals surface area contributed by atoms with Crippen LogP contribution in [0.4, 0.5) is 0 Å². The Kier molecular flexibility index (Phi) is 4.78. The summed E-state index contributed by atoms with van der Waals surface area (Å²) in [6, 6.07) is 20.6. The molecule has 0 aliphatic carbocycles. The van der Waals surface area contributed by atoms with Crippen molar-refractivity contribution in [2.45, 2.75) is 12.6 Å². The highest BCUT2D eigenvalue weighted by molar-refractivity contribution is 6.42. The Morgan fingerprint density at radius 1 is 0.970 bits per heavy atom. The van der Waals surface area contributed by atoms with Gasteiger partial charge in [-0.3, -0.25) is 9.89 Å². The van der Waals surface area contributed by atoms with Crippen molar-refractivity contribution in [3.8, 4) is 22.8 Å². The molecule has 4 aromatic rings. The predicted molar refractivity (Wildman–Crippen MR) is 125 cm³/mol. The molecule has 0 saturated heterocycles. The lowest BCUT2D eigenvalue weighted by Gasteiger charge is -2.27. The number of nitrogens with one attached hydrogen (secondary N) is 1. The molecular weight excluding hydrogens is 461 g/mol. The standard InChI is InChI=1S/C25H17Cl2N3O3/c26-17-8-7-16(11-18(17)27)24-21-22(15-4-2-1-3-5-15)28-29-23(21)25(31)30(24)12-14-6-9-19-20(10-14)33-13-32-19/h1-11,24H,12-13H2,(H,28,29). The Balaban J connectivity index is 1.47. The van der Waals surface area contributed by atoms with E-state index in [-0.39, 0.29) is 18.7 Å². The molecule has 33 heavy (non-hydrogen) atoms. The number of rotatable bonds is 4. The second kappa shape index (κ2) is 7.83. The lowest BCUT2D eigenvalue weighted by atomic mass is 9.96. The van der Waals surface area contributed by atoms with Gasteiger partial charge in [0.25, 0.3) is 5.91 Å². The number of carbonyl (C=O) groups is 1. The molecule has 0 saturated carbocycles. The first-order valence-electron chi connectivity index (χ1n) is 10.4. The van der Waals surface area contributed by atoms with E-state index in [2.05, 4.69) is 10.2 Å². The number of aromatic amines is 1. The normalized spacial score (nSPS) is 16.4. The number of carbonyl (C=O) groups excluding carboxylic acids is 1. The molecule has 6 rings (SSSR count). The largest absolute Gasteiger partial charge is 0.454 e. The fraction of sp³-hybridized carbons (Fsp3) is 0.120. The third-order valence-corrected chi connectivity index (χ3v) is 6.70. The Morgan fingerprint density at radius 2 is 1.79 bits per heavy atom. The van der Waals surface area contributed by atoms with E-state index < -0.39 is 0 Å². The summed E-state index contributed by atoms with van der Waals surface area (Å²) < 4.78 is 10.9. The van der Waals surface area contributed by atoms with Crippen molar-refractivity contribution in [3.05, 3.63) is 99.2 Å². The molecule has 0 bridgehead atoms. The number of hydrogen-bond donors (Lipinski definition) is 1. The van der Waals surface area contributed by atoms with Gasteiger partial charge in [0.05, 0.1) is 21.8 Å². The van der Waals surface area contributed by atoms with Gasteiger partial charge in [0.1, 0.15) is 5.69 Å². The molecule has 1 unspecified atom stereocenters. The predicted octanol–water partition coefficient (Wildman–Crippen LogP) is 5.86. The van der Waals surface area contributed by atoms with Gasteiger partial charge in [-0.2, -0.15) is 5.10 Å². The Bertz CT molecular complexity index is 1390. The molecule has 3 heterocycles. The summed E-state index contributed by atoms with van der Waals surface area (Å²) in [4.78, 5) is 15.4. The minimum Gasteiger partial charge on any atom is -0.454 e. The van der Waals surface area contributed by atoms with Gasteiger partial charge in [0.2, 0.25) is 6.79 Å². The van der Waals surface area contributed by atoms with Crippen LogP contribution in [0.2, 0.25) is 10.0 Å². The molecule has 3 aromatic carbocycles. The molecule has 1 amide bonds. The van der Waals surface area contributed by atoms with Crippen molar-refractivity contribution in [1.29, 1.82) is 0 Å². The van der Waals surface area contributed by atoms with Gasteiger partial charge >= 0.3 is 0 Å². The summed E-state index contributed by atoms with van der Waals surface area (Å²) in [5.74, 6) is 1.25. The van der Waals surface area contributed by atoms with E-state index in [0.717, 1.165) is 27.9 Å². The number of nitrogens with zero attached hydrogens (tertiary/aromatic N) is 2. The number of amides is 1. The van der Waals surface area contributed by atoms with Crippen LogP contribution in [0.1, 0.15) is 33.2 Å². The summed E-state index contributed by atoms with van der Waals surface area (Å²) in [6.45, 7) is 0.571. The molecular formula is C25H17Cl2N3O3. The zero-order chi connectivity index (χ0) is 22.5. The fourth-order valence-corrected chi connectivity index (χ4v) is 4.75. The van der Waals surface area contributed by atoms with Crippen molar-refractivity contribution < 1.29 is 14.3 Å². The van der Waals surface area contributed by atoms with E-state index in [0.29, 0.717) is 33.8 Å². The van der Waals surface area contributed by atoms with Crippen LogP contribution in [0.5, 0.6) is 11.5 Å². The lowest BCUT2D eigenvalue weighted by molar-refractivity contribution is 0.0730. The molecule has 1 aromatic heterocycles. The van der Waals surface area contributed by atoms with E-state index >= 15 is 0 Å². The molecule has 0 spiro atoms. The maximum absolute atomic E-state index is 13.6. The molecule has 0 fully saturated rings. The van der Waals surface area contributed by atoms with Crippen molar-refractivity contribution in [1.82, 2.24) is 15.1 Å². The minimum atomic E-state index is -0.387. The second-order valence-corrected chi connectivity index (χ2v) is 8.74. The van der Waals surface area contributed by atoms with Gasteiger partial charge in [-0.1, -0.05) is 65.7 Å². The Labute approximate surface area is 199 Å². The number of aromatic nitrogens is 2. The lowest BCUT2D eigenvalue weighted by Crippen LogP contribution is -2.29. The molecule has 2 aliphatic rings. The summed E-state index contributed by atoms with van der Waals surface area (Å²) in [5.41, 5.74) is 4.75. The van der Waals surface area contributed by atoms with Crippen LogP contribution in [-0.4, -0.2) is 27.8 Å². The highest BCUT2D eigenvalue weighted by atomic mass is 35.5. The first-order chi connectivity index (χ1) is 16.1. The van der Waals surface area contributed by atoms with Crippen LogP contribution in [-0.2, 0) is 6.54 Å². The molecule has 1 atom stereocenters. The summed E-state index contributed by atoms with van der Waals surface area (Å²) in [7, 11) is 0. The average molecular weight is 478 g/mol. The summed E-state index contributed by atoms with van der Waals surface area (Å²) >= 11 is 12.6. The quantitative estimate of drug-likeness (QED) is 0.399. The first-order valence-corrected chi connectivity index (χ1v) is 11.1. The van der Waals surface area contributed by atoms with E-state index in [1.165, 1.54) is 0 Å². The minimum absolute atomic E-state index is 0.131. The van der Waals surface area contributed by atoms with Gasteiger partial charge in [-0.15, -0.1) is 0 Å². The fourth-order valence-electron chi connectivity index (χ4n) is 4.44. The van der Waals surface area contributed by atoms with Gasteiger partial charge in [0.15, 0.2) is 11.5 Å². The van der Waals surface area contributed by atoms with Crippen LogP contribution in [0.3, 0.4) is 0 Å².